The molecule has 3 heterocycles. The van der Waals surface area contributed by atoms with E-state index in [9.17, 15) is 0 Å². The van der Waals surface area contributed by atoms with Crippen LogP contribution in [0.15, 0.2) is 41.5 Å². The molecule has 7 nitrogen and oxygen atoms in total. The molecule has 0 radical (unpaired) electrons. The van der Waals surface area contributed by atoms with Crippen LogP contribution in [-0.2, 0) is 26.1 Å². The van der Waals surface area contributed by atoms with Crippen molar-refractivity contribution in [1.29, 1.82) is 0 Å². The molecule has 0 saturated heterocycles. The molecule has 156 valence electrons. The van der Waals surface area contributed by atoms with Crippen LogP contribution in [0.5, 0.6) is 0 Å². The van der Waals surface area contributed by atoms with E-state index in [1.807, 2.05) is 0 Å². The maximum absolute atomic E-state index is 4.37. The summed E-state index contributed by atoms with van der Waals surface area (Å²) in [5.41, 5.74) is 1.29. The molecule has 2 N–H and O–H groups in total. The van der Waals surface area contributed by atoms with Crippen molar-refractivity contribution in [2.24, 2.45) is 4.99 Å². The number of halogens is 1. The van der Waals surface area contributed by atoms with Crippen molar-refractivity contribution in [2.45, 2.75) is 51.7 Å². The van der Waals surface area contributed by atoms with Crippen LogP contribution in [0.1, 0.15) is 37.3 Å². The molecule has 1 aliphatic rings. The zero-order valence-electron chi connectivity index (χ0n) is 17.0. The highest BCUT2D eigenvalue weighted by Crippen LogP contribution is 2.15. The van der Waals surface area contributed by atoms with Crippen molar-refractivity contribution in [2.75, 3.05) is 13.6 Å². The highest BCUT2D eigenvalue weighted by Gasteiger charge is 2.14. The first-order valence-corrected chi connectivity index (χ1v) is 10.2. The first kappa shape index (κ1) is 21.6. The Hall–Kier alpha value is -2.10. The predicted octanol–water partition coefficient (Wildman–Crippen LogP) is 3.33. The van der Waals surface area contributed by atoms with Gasteiger partial charge >= 0.3 is 0 Å². The monoisotopic (exact) mass is 507 g/mol. The molecule has 2 aromatic heterocycles. The number of nitrogens with one attached hydrogen (secondary N) is 2. The molecular weight excluding hydrogens is 477 g/mol. The summed E-state index contributed by atoms with van der Waals surface area (Å²) in [5, 5.41) is 16.8. The zero-order valence-corrected chi connectivity index (χ0v) is 19.3. The molecule has 4 rings (SSSR count). The third-order valence-corrected chi connectivity index (χ3v) is 5.37. The van der Waals surface area contributed by atoms with E-state index in [0.29, 0.717) is 6.54 Å². The van der Waals surface area contributed by atoms with Gasteiger partial charge in [-0.3, -0.25) is 4.99 Å². The molecule has 0 amide bonds. The summed E-state index contributed by atoms with van der Waals surface area (Å²) in [6.07, 6.45) is 7.92. The Morgan fingerprint density at radius 2 is 2.00 bits per heavy atom. The highest BCUT2D eigenvalue weighted by molar-refractivity contribution is 14.0. The minimum Gasteiger partial charge on any atom is -0.356 e. The third kappa shape index (κ3) is 5.29. The number of aromatic nitrogens is 4. The number of guanidine groups is 1. The van der Waals surface area contributed by atoms with Crippen molar-refractivity contribution in [3.63, 3.8) is 0 Å². The van der Waals surface area contributed by atoms with Crippen LogP contribution in [0.3, 0.4) is 0 Å². The van der Waals surface area contributed by atoms with E-state index >= 15 is 0 Å². The zero-order chi connectivity index (χ0) is 19.2. The van der Waals surface area contributed by atoms with E-state index in [4.69, 9.17) is 0 Å². The fourth-order valence-electron chi connectivity index (χ4n) is 3.85. The number of fused-ring (bicyclic) bond motifs is 2. The van der Waals surface area contributed by atoms with Crippen LogP contribution < -0.4 is 10.6 Å². The summed E-state index contributed by atoms with van der Waals surface area (Å²) in [6.45, 7) is 3.52. The lowest BCUT2D eigenvalue weighted by Crippen LogP contribution is -2.38. The SMILES string of the molecule is CN=C(NCCCn1ccc2ccccc21)NCc1nnc2n1CCCCC2.I. The van der Waals surface area contributed by atoms with Crippen LogP contribution in [0, 0.1) is 0 Å². The number of aliphatic imine (C=N–C) groups is 1. The van der Waals surface area contributed by atoms with Gasteiger partial charge in [0.15, 0.2) is 11.8 Å². The van der Waals surface area contributed by atoms with Crippen LogP contribution in [0.25, 0.3) is 10.9 Å². The Balaban J connectivity index is 0.00000240. The van der Waals surface area contributed by atoms with Gasteiger partial charge in [0.2, 0.25) is 0 Å². The summed E-state index contributed by atoms with van der Waals surface area (Å²) < 4.78 is 4.57. The van der Waals surface area contributed by atoms with E-state index in [1.165, 1.54) is 30.2 Å². The topological polar surface area (TPSA) is 72.1 Å². The number of benzene rings is 1. The molecule has 0 saturated carbocycles. The second-order valence-corrected chi connectivity index (χ2v) is 7.27. The molecule has 1 aromatic carbocycles. The molecule has 1 aliphatic heterocycles. The Morgan fingerprint density at radius 3 is 2.90 bits per heavy atom. The molecule has 0 spiro atoms. The summed E-state index contributed by atoms with van der Waals surface area (Å²) >= 11 is 0. The summed E-state index contributed by atoms with van der Waals surface area (Å²) in [5.74, 6) is 2.93. The molecule has 0 atom stereocenters. The molecule has 0 fully saturated rings. The van der Waals surface area contributed by atoms with Gasteiger partial charge in [-0.1, -0.05) is 24.6 Å². The van der Waals surface area contributed by atoms with Gasteiger partial charge in [0, 0.05) is 44.8 Å². The normalized spacial score (nSPS) is 14.2. The van der Waals surface area contributed by atoms with Crippen molar-refractivity contribution in [1.82, 2.24) is 30.0 Å². The molecule has 0 bridgehead atoms. The lowest BCUT2D eigenvalue weighted by Gasteiger charge is -2.13. The molecule has 0 unspecified atom stereocenters. The van der Waals surface area contributed by atoms with E-state index in [1.54, 1.807) is 7.05 Å². The number of hydrogen-bond acceptors (Lipinski definition) is 3. The second kappa shape index (κ2) is 10.6. The average molecular weight is 507 g/mol. The third-order valence-electron chi connectivity index (χ3n) is 5.37. The lowest BCUT2D eigenvalue weighted by atomic mass is 10.2. The molecule has 8 heteroatoms. The maximum atomic E-state index is 4.37. The maximum Gasteiger partial charge on any atom is 0.191 e. The Labute approximate surface area is 189 Å². The average Bonchev–Trinajstić information content (AvgIpc) is 3.23. The first-order chi connectivity index (χ1) is 13.8. The number of nitrogens with zero attached hydrogens (tertiary/aromatic N) is 5. The Kier molecular flexibility index (Phi) is 7.91. The van der Waals surface area contributed by atoms with E-state index in [-0.39, 0.29) is 24.0 Å². The standard InChI is InChI=1S/C21H29N7.HI/c1-22-21(24-16-20-26-25-19-10-3-2-6-14-28(19)20)23-12-7-13-27-15-11-17-8-4-5-9-18(17)27;/h4-5,8-9,11,15H,2-3,6-7,10,12-14,16H2,1H3,(H2,22,23,24);1H. The van der Waals surface area contributed by atoms with Crippen molar-refractivity contribution in [3.8, 4) is 0 Å². The van der Waals surface area contributed by atoms with Gasteiger partial charge in [-0.2, -0.15) is 0 Å². The van der Waals surface area contributed by atoms with Crippen LogP contribution in [0.2, 0.25) is 0 Å². The predicted molar refractivity (Wildman–Crippen MR) is 128 cm³/mol. The largest absolute Gasteiger partial charge is 0.356 e. The van der Waals surface area contributed by atoms with Crippen molar-refractivity contribution in [3.05, 3.63) is 48.2 Å². The van der Waals surface area contributed by atoms with Crippen molar-refractivity contribution >= 4 is 40.8 Å². The fraction of sp³-hybridized carbons (Fsp3) is 0.476. The minimum absolute atomic E-state index is 0. The van der Waals surface area contributed by atoms with Crippen molar-refractivity contribution < 1.29 is 0 Å². The van der Waals surface area contributed by atoms with E-state index in [2.05, 4.69) is 71.5 Å². The van der Waals surface area contributed by atoms with Gasteiger partial charge in [0.05, 0.1) is 6.54 Å². The summed E-state index contributed by atoms with van der Waals surface area (Å²) in [7, 11) is 1.80. The second-order valence-electron chi connectivity index (χ2n) is 7.27. The van der Waals surface area contributed by atoms with Gasteiger partial charge < -0.3 is 19.8 Å². The van der Waals surface area contributed by atoms with Gasteiger partial charge in [0.1, 0.15) is 5.82 Å². The Morgan fingerprint density at radius 1 is 1.10 bits per heavy atom. The molecule has 0 aliphatic carbocycles. The van der Waals surface area contributed by atoms with Crippen LogP contribution in [0.4, 0.5) is 0 Å². The van der Waals surface area contributed by atoms with E-state index < -0.39 is 0 Å². The molecule has 29 heavy (non-hydrogen) atoms. The summed E-state index contributed by atoms with van der Waals surface area (Å²) in [6, 6.07) is 10.7. The van der Waals surface area contributed by atoms with Gasteiger partial charge in [0.25, 0.3) is 0 Å². The molecule has 3 aromatic rings. The molecular formula is C21H30IN7. The quantitative estimate of drug-likeness (QED) is 0.233. The fourth-order valence-corrected chi connectivity index (χ4v) is 3.85. The number of para-hydroxylation sites is 1. The van der Waals surface area contributed by atoms with Gasteiger partial charge in [-0.25, -0.2) is 0 Å². The lowest BCUT2D eigenvalue weighted by molar-refractivity contribution is 0.594. The smallest absolute Gasteiger partial charge is 0.191 e. The van der Waals surface area contributed by atoms with Crippen LogP contribution >= 0.6 is 24.0 Å². The number of aryl methyl sites for hydroxylation is 2. The Bertz CT molecular complexity index is 944. The van der Waals surface area contributed by atoms with Gasteiger partial charge in [-0.05, 0) is 36.8 Å². The van der Waals surface area contributed by atoms with Crippen LogP contribution in [-0.4, -0.2) is 38.9 Å². The number of hydrogen-bond donors (Lipinski definition) is 2. The first-order valence-electron chi connectivity index (χ1n) is 10.2. The highest BCUT2D eigenvalue weighted by atomic mass is 127. The minimum atomic E-state index is 0. The van der Waals surface area contributed by atoms with E-state index in [0.717, 1.165) is 50.1 Å². The van der Waals surface area contributed by atoms with Gasteiger partial charge in [-0.15, -0.1) is 34.2 Å². The summed E-state index contributed by atoms with van der Waals surface area (Å²) in [4.78, 5) is 4.33. The number of rotatable bonds is 6.